The second-order valence-electron chi connectivity index (χ2n) is 8.61. The van der Waals surface area contributed by atoms with Gasteiger partial charge in [-0.05, 0) is 24.6 Å². The molecule has 0 spiro atoms. The molecule has 0 amide bonds. The highest BCUT2D eigenvalue weighted by molar-refractivity contribution is 6.10. The molecule has 9 heteroatoms. The molecule has 1 aromatic carbocycles. The molecule has 1 fully saturated rings. The Labute approximate surface area is 196 Å². The van der Waals surface area contributed by atoms with E-state index in [9.17, 15) is 4.79 Å². The number of carbonyl (C=O) groups is 1. The van der Waals surface area contributed by atoms with Crippen LogP contribution in [0.3, 0.4) is 0 Å². The molecule has 0 aliphatic carbocycles. The van der Waals surface area contributed by atoms with E-state index < -0.39 is 5.82 Å². The van der Waals surface area contributed by atoms with Crippen LogP contribution in [0.25, 0.3) is 33.5 Å². The highest BCUT2D eigenvalue weighted by Gasteiger charge is 2.28. The summed E-state index contributed by atoms with van der Waals surface area (Å²) in [6.45, 7) is 3.18. The molecule has 176 valence electrons. The van der Waals surface area contributed by atoms with Crippen LogP contribution in [0.5, 0.6) is 0 Å². The Morgan fingerprint density at radius 1 is 1.32 bits per heavy atom. The van der Waals surface area contributed by atoms with Gasteiger partial charge in [0.05, 0.1) is 22.9 Å². The Morgan fingerprint density at radius 2 is 2.15 bits per heavy atom. The Hall–Kier alpha value is -3.72. The fourth-order valence-electron chi connectivity index (χ4n) is 4.71. The number of benzene rings is 1. The summed E-state index contributed by atoms with van der Waals surface area (Å²) in [5.41, 5.74) is 9.49. The van der Waals surface area contributed by atoms with Crippen molar-refractivity contribution < 1.29 is 13.9 Å². The molecule has 8 nitrogen and oxygen atoms in total. The molecule has 4 aromatic rings. The number of Topliss-reactive ketones (excluding diaryl/α,β-unsaturated/α-hetero) is 1. The molecule has 4 heterocycles. The highest BCUT2D eigenvalue weighted by atomic mass is 19.1. The number of rotatable bonds is 6. The number of nitrogens with one attached hydrogen (secondary N) is 1. The van der Waals surface area contributed by atoms with Gasteiger partial charge in [0.1, 0.15) is 17.5 Å². The summed E-state index contributed by atoms with van der Waals surface area (Å²) in [6, 6.07) is 5.25. The number of carbonyl (C=O) groups excluding carboxylic acids is 1. The van der Waals surface area contributed by atoms with E-state index in [-0.39, 0.29) is 17.7 Å². The molecule has 3 N–H and O–H groups in total. The summed E-state index contributed by atoms with van der Waals surface area (Å²) in [5.74, 6) is 0.505. The molecule has 1 aliphatic heterocycles. The standard InChI is InChI=1S/C25H27FN6O2/c1-4-21(33)17-12-29-24(27)23-16(17)11-19(30-23)22-18(26)9-14(25-28-6-8-31(25)2)10-20(22)32-7-5-15(13-32)34-3/h6,8-12,15,30H,4-5,7,13H2,1-3H3,(H2,27,29)/t15-/m1/s1. The van der Waals surface area contributed by atoms with Crippen LogP contribution in [0.15, 0.2) is 36.8 Å². The van der Waals surface area contributed by atoms with Gasteiger partial charge in [0.15, 0.2) is 5.78 Å². The molecule has 0 saturated carbocycles. The van der Waals surface area contributed by atoms with Crippen molar-refractivity contribution in [2.45, 2.75) is 25.9 Å². The lowest BCUT2D eigenvalue weighted by Crippen LogP contribution is -2.23. The summed E-state index contributed by atoms with van der Waals surface area (Å²) in [4.78, 5) is 26.4. The molecular formula is C25H27FN6O2. The van der Waals surface area contributed by atoms with Gasteiger partial charge in [-0.2, -0.15) is 0 Å². The van der Waals surface area contributed by atoms with Crippen LogP contribution in [0, 0.1) is 5.82 Å². The van der Waals surface area contributed by atoms with E-state index in [0.717, 1.165) is 18.7 Å². The molecule has 0 unspecified atom stereocenters. The normalized spacial score (nSPS) is 16.0. The first-order valence-corrected chi connectivity index (χ1v) is 11.3. The first-order valence-electron chi connectivity index (χ1n) is 11.3. The Balaban J connectivity index is 1.72. The summed E-state index contributed by atoms with van der Waals surface area (Å²) >= 11 is 0. The number of ether oxygens (including phenoxy) is 1. The Bertz CT molecular complexity index is 1390. The molecule has 1 atom stereocenters. The number of fused-ring (bicyclic) bond motifs is 1. The SMILES string of the molecule is CCC(=O)c1cnc(N)c2[nH]c(-c3c(F)cc(-c4nccn4C)cc3N3CC[C@@H](OC)C3)cc12. The smallest absolute Gasteiger partial charge is 0.164 e. The zero-order valence-corrected chi connectivity index (χ0v) is 19.4. The van der Waals surface area contributed by atoms with Gasteiger partial charge in [0, 0.05) is 74.5 Å². The van der Waals surface area contributed by atoms with Crippen LogP contribution in [0.2, 0.25) is 0 Å². The molecule has 0 radical (unpaired) electrons. The average molecular weight is 463 g/mol. The fraction of sp³-hybridized carbons (Fsp3) is 0.320. The zero-order chi connectivity index (χ0) is 24.0. The van der Waals surface area contributed by atoms with E-state index in [1.54, 1.807) is 26.3 Å². The number of pyridine rings is 1. The third kappa shape index (κ3) is 3.62. The quantitative estimate of drug-likeness (QED) is 0.417. The van der Waals surface area contributed by atoms with E-state index in [0.29, 0.717) is 52.1 Å². The van der Waals surface area contributed by atoms with Gasteiger partial charge in [-0.25, -0.2) is 14.4 Å². The van der Waals surface area contributed by atoms with Crippen molar-refractivity contribution in [3.05, 3.63) is 48.2 Å². The third-order valence-corrected chi connectivity index (χ3v) is 6.56. The van der Waals surface area contributed by atoms with Crippen molar-refractivity contribution >= 4 is 28.2 Å². The predicted molar refractivity (Wildman–Crippen MR) is 130 cm³/mol. The number of nitrogens with two attached hydrogens (primary N) is 1. The van der Waals surface area contributed by atoms with Gasteiger partial charge in [-0.15, -0.1) is 0 Å². The lowest BCUT2D eigenvalue weighted by Gasteiger charge is -2.23. The number of hydrogen-bond donors (Lipinski definition) is 2. The van der Waals surface area contributed by atoms with Gasteiger partial charge in [0.2, 0.25) is 0 Å². The van der Waals surface area contributed by atoms with Crippen LogP contribution in [-0.2, 0) is 11.8 Å². The van der Waals surface area contributed by atoms with Gasteiger partial charge < -0.3 is 24.9 Å². The zero-order valence-electron chi connectivity index (χ0n) is 19.4. The monoisotopic (exact) mass is 462 g/mol. The number of aryl methyl sites for hydroxylation is 1. The van der Waals surface area contributed by atoms with E-state index in [1.807, 2.05) is 23.9 Å². The summed E-state index contributed by atoms with van der Waals surface area (Å²) in [5, 5.41) is 0.643. The summed E-state index contributed by atoms with van der Waals surface area (Å²) in [7, 11) is 3.57. The van der Waals surface area contributed by atoms with Crippen molar-refractivity contribution in [1.29, 1.82) is 0 Å². The Kier molecular flexibility index (Phi) is 5.57. The van der Waals surface area contributed by atoms with Gasteiger partial charge in [0.25, 0.3) is 0 Å². The first kappa shape index (κ1) is 22.1. The summed E-state index contributed by atoms with van der Waals surface area (Å²) < 4.78 is 23.3. The maximum atomic E-state index is 15.9. The largest absolute Gasteiger partial charge is 0.382 e. The van der Waals surface area contributed by atoms with Crippen molar-refractivity contribution in [2.24, 2.45) is 7.05 Å². The number of methoxy groups -OCH3 is 1. The van der Waals surface area contributed by atoms with Crippen molar-refractivity contribution in [2.75, 3.05) is 30.8 Å². The number of nitrogens with zero attached hydrogens (tertiary/aromatic N) is 4. The Morgan fingerprint density at radius 3 is 2.82 bits per heavy atom. The van der Waals surface area contributed by atoms with Crippen molar-refractivity contribution in [1.82, 2.24) is 19.5 Å². The maximum absolute atomic E-state index is 15.9. The van der Waals surface area contributed by atoms with Gasteiger partial charge >= 0.3 is 0 Å². The minimum atomic E-state index is -0.391. The van der Waals surface area contributed by atoms with Crippen LogP contribution in [0.4, 0.5) is 15.9 Å². The number of H-pyrrole nitrogens is 1. The minimum Gasteiger partial charge on any atom is -0.382 e. The number of hydrogen-bond acceptors (Lipinski definition) is 6. The number of ketones is 1. The number of halogens is 1. The third-order valence-electron chi connectivity index (χ3n) is 6.56. The lowest BCUT2D eigenvalue weighted by atomic mass is 10.0. The highest BCUT2D eigenvalue weighted by Crippen LogP contribution is 2.40. The minimum absolute atomic E-state index is 0.0450. The van der Waals surface area contributed by atoms with Crippen molar-refractivity contribution in [3.8, 4) is 22.6 Å². The number of aromatic nitrogens is 4. The molecular weight excluding hydrogens is 435 g/mol. The van der Waals surface area contributed by atoms with Gasteiger partial charge in [-0.3, -0.25) is 4.79 Å². The van der Waals surface area contributed by atoms with E-state index in [2.05, 4.69) is 19.9 Å². The van der Waals surface area contributed by atoms with Crippen molar-refractivity contribution in [3.63, 3.8) is 0 Å². The second-order valence-corrected chi connectivity index (χ2v) is 8.61. The number of nitrogen functional groups attached to an aromatic ring is 1. The second kappa shape index (κ2) is 8.57. The number of anilines is 2. The molecule has 1 aliphatic rings. The van der Waals surface area contributed by atoms with Crippen LogP contribution in [0.1, 0.15) is 30.1 Å². The topological polar surface area (TPSA) is 102 Å². The molecule has 34 heavy (non-hydrogen) atoms. The molecule has 0 bridgehead atoms. The maximum Gasteiger partial charge on any atom is 0.164 e. The number of aromatic amines is 1. The van der Waals surface area contributed by atoms with Crippen LogP contribution >= 0.6 is 0 Å². The van der Waals surface area contributed by atoms with E-state index in [1.165, 1.54) is 12.3 Å². The lowest BCUT2D eigenvalue weighted by molar-refractivity contribution is 0.0989. The molecule has 1 saturated heterocycles. The average Bonchev–Trinajstić information content (AvgIpc) is 3.58. The van der Waals surface area contributed by atoms with Crippen LogP contribution < -0.4 is 10.6 Å². The van der Waals surface area contributed by atoms with Crippen LogP contribution in [-0.4, -0.2) is 51.6 Å². The van der Waals surface area contributed by atoms with E-state index in [4.69, 9.17) is 10.5 Å². The molecule has 5 rings (SSSR count). The first-order chi connectivity index (χ1) is 16.4. The predicted octanol–water partition coefficient (Wildman–Crippen LogP) is 4.17. The van der Waals surface area contributed by atoms with Gasteiger partial charge in [-0.1, -0.05) is 6.92 Å². The van der Waals surface area contributed by atoms with E-state index >= 15 is 4.39 Å². The molecule has 3 aromatic heterocycles. The number of imidazole rings is 1. The fourth-order valence-corrected chi connectivity index (χ4v) is 4.71. The summed E-state index contributed by atoms with van der Waals surface area (Å²) in [6.07, 6.45) is 6.28.